The van der Waals surface area contributed by atoms with Gasteiger partial charge in [0, 0.05) is 0 Å². The van der Waals surface area contributed by atoms with E-state index in [1.165, 1.54) is 0 Å². The summed E-state index contributed by atoms with van der Waals surface area (Å²) in [6.45, 7) is 4.56. The van der Waals surface area contributed by atoms with Crippen molar-refractivity contribution < 1.29 is 9.13 Å². The molecule has 1 rings (SSSR count). The summed E-state index contributed by atoms with van der Waals surface area (Å²) in [5.74, 6) is -0.121. The van der Waals surface area contributed by atoms with E-state index in [9.17, 15) is 4.39 Å². The maximum Gasteiger partial charge on any atom is 0.255 e. The van der Waals surface area contributed by atoms with Crippen molar-refractivity contribution in [1.82, 2.24) is 9.97 Å². The number of nitrogen functional groups attached to an aromatic ring is 1. The molecule has 4 nitrogen and oxygen atoms in total. The van der Waals surface area contributed by atoms with Gasteiger partial charge in [0.05, 0.1) is 12.8 Å². The molecule has 1 aromatic rings. The molecule has 2 N–H and O–H groups in total. The number of hydrogen-bond acceptors (Lipinski definition) is 4. The first-order valence-electron chi connectivity index (χ1n) is 4.50. The van der Waals surface area contributed by atoms with Crippen molar-refractivity contribution in [3.05, 3.63) is 12.0 Å². The van der Waals surface area contributed by atoms with Gasteiger partial charge >= 0.3 is 0 Å². The summed E-state index contributed by atoms with van der Waals surface area (Å²) in [7, 11) is 0. The summed E-state index contributed by atoms with van der Waals surface area (Å²) in [6.07, 6.45) is 1.86. The maximum absolute atomic E-state index is 13.0. The smallest absolute Gasteiger partial charge is 0.255 e. The standard InChI is InChI=1S/C9H14FN3O/c1-6(2)3-4-14-8-7(10)5-12-9(11)13-8/h5-6H,3-4H2,1-2H3,(H2,11,12,13). The summed E-state index contributed by atoms with van der Waals surface area (Å²) in [6, 6.07) is 0. The third-order valence-electron chi connectivity index (χ3n) is 1.66. The maximum atomic E-state index is 13.0. The number of rotatable bonds is 4. The van der Waals surface area contributed by atoms with Crippen molar-refractivity contribution >= 4 is 5.95 Å². The molecular formula is C9H14FN3O. The molecule has 0 spiro atoms. The quantitative estimate of drug-likeness (QED) is 0.800. The molecule has 1 aromatic heterocycles. The summed E-state index contributed by atoms with van der Waals surface area (Å²) < 4.78 is 18.1. The molecule has 78 valence electrons. The first kappa shape index (κ1) is 10.7. The lowest BCUT2D eigenvalue weighted by atomic mass is 10.1. The van der Waals surface area contributed by atoms with Crippen molar-refractivity contribution in [2.45, 2.75) is 20.3 Å². The van der Waals surface area contributed by atoms with Crippen LogP contribution >= 0.6 is 0 Å². The predicted molar refractivity (Wildman–Crippen MR) is 51.4 cm³/mol. The van der Waals surface area contributed by atoms with Crippen LogP contribution in [0.4, 0.5) is 10.3 Å². The molecule has 0 aliphatic rings. The Kier molecular flexibility index (Phi) is 3.62. The van der Waals surface area contributed by atoms with E-state index < -0.39 is 5.82 Å². The highest BCUT2D eigenvalue weighted by Gasteiger charge is 2.06. The second-order valence-electron chi connectivity index (χ2n) is 3.41. The fourth-order valence-electron chi connectivity index (χ4n) is 0.857. The van der Waals surface area contributed by atoms with Crippen molar-refractivity contribution in [1.29, 1.82) is 0 Å². The van der Waals surface area contributed by atoms with Gasteiger partial charge in [0.15, 0.2) is 0 Å². The van der Waals surface area contributed by atoms with Crippen LogP contribution in [0.15, 0.2) is 6.20 Å². The third-order valence-corrected chi connectivity index (χ3v) is 1.66. The van der Waals surface area contributed by atoms with Crippen LogP contribution in [-0.4, -0.2) is 16.6 Å². The normalized spacial score (nSPS) is 10.6. The average molecular weight is 199 g/mol. The number of ether oxygens (including phenoxy) is 1. The molecule has 0 atom stereocenters. The Hall–Kier alpha value is -1.39. The molecule has 0 aromatic carbocycles. The number of aromatic nitrogens is 2. The van der Waals surface area contributed by atoms with Crippen LogP contribution in [0, 0.1) is 11.7 Å². The Bertz CT molecular complexity index is 304. The van der Waals surface area contributed by atoms with E-state index in [0.29, 0.717) is 12.5 Å². The van der Waals surface area contributed by atoms with Gasteiger partial charge in [-0.15, -0.1) is 0 Å². The number of nitrogens with zero attached hydrogens (tertiary/aromatic N) is 2. The lowest BCUT2D eigenvalue weighted by Crippen LogP contribution is -2.06. The van der Waals surface area contributed by atoms with E-state index in [-0.39, 0.29) is 11.8 Å². The number of hydrogen-bond donors (Lipinski definition) is 1. The van der Waals surface area contributed by atoms with E-state index in [2.05, 4.69) is 23.8 Å². The van der Waals surface area contributed by atoms with Gasteiger partial charge in [-0.2, -0.15) is 9.37 Å². The van der Waals surface area contributed by atoms with Crippen molar-refractivity contribution in [2.75, 3.05) is 12.3 Å². The Morgan fingerprint density at radius 3 is 2.93 bits per heavy atom. The van der Waals surface area contributed by atoms with Crippen LogP contribution in [0.1, 0.15) is 20.3 Å². The molecule has 0 fully saturated rings. The molecule has 0 unspecified atom stereocenters. The van der Waals surface area contributed by atoms with Crippen LogP contribution < -0.4 is 10.5 Å². The van der Waals surface area contributed by atoms with Crippen molar-refractivity contribution in [3.8, 4) is 5.88 Å². The van der Waals surface area contributed by atoms with Crippen LogP contribution in [0.25, 0.3) is 0 Å². The Morgan fingerprint density at radius 2 is 2.29 bits per heavy atom. The Balaban J connectivity index is 2.53. The minimum atomic E-state index is -0.581. The number of anilines is 1. The van der Waals surface area contributed by atoms with E-state index in [0.717, 1.165) is 12.6 Å². The Labute approximate surface area is 82.3 Å². The summed E-state index contributed by atoms with van der Waals surface area (Å²) in [5.41, 5.74) is 5.29. The fraction of sp³-hybridized carbons (Fsp3) is 0.556. The molecule has 5 heteroatoms. The lowest BCUT2D eigenvalue weighted by Gasteiger charge is -2.07. The molecule has 0 amide bonds. The molecular weight excluding hydrogens is 185 g/mol. The van der Waals surface area contributed by atoms with E-state index in [4.69, 9.17) is 10.5 Å². The molecule has 14 heavy (non-hydrogen) atoms. The lowest BCUT2D eigenvalue weighted by molar-refractivity contribution is 0.265. The zero-order chi connectivity index (χ0) is 10.6. The first-order valence-corrected chi connectivity index (χ1v) is 4.50. The molecule has 0 aliphatic carbocycles. The predicted octanol–water partition coefficient (Wildman–Crippen LogP) is 1.62. The van der Waals surface area contributed by atoms with E-state index >= 15 is 0 Å². The molecule has 1 heterocycles. The van der Waals surface area contributed by atoms with Gasteiger partial charge in [-0.3, -0.25) is 0 Å². The zero-order valence-electron chi connectivity index (χ0n) is 8.33. The van der Waals surface area contributed by atoms with Gasteiger partial charge in [-0.05, 0) is 12.3 Å². The van der Waals surface area contributed by atoms with Gasteiger partial charge in [0.25, 0.3) is 5.88 Å². The summed E-state index contributed by atoms with van der Waals surface area (Å²) in [4.78, 5) is 7.13. The van der Waals surface area contributed by atoms with Gasteiger partial charge in [0.2, 0.25) is 11.8 Å². The second-order valence-corrected chi connectivity index (χ2v) is 3.41. The average Bonchev–Trinajstić information content (AvgIpc) is 2.10. The van der Waals surface area contributed by atoms with E-state index in [1.54, 1.807) is 0 Å². The monoisotopic (exact) mass is 199 g/mol. The van der Waals surface area contributed by atoms with Gasteiger partial charge in [-0.25, -0.2) is 4.98 Å². The van der Waals surface area contributed by atoms with Gasteiger partial charge < -0.3 is 10.5 Å². The van der Waals surface area contributed by atoms with Crippen LogP contribution in [0.5, 0.6) is 5.88 Å². The SMILES string of the molecule is CC(C)CCOc1nc(N)ncc1F. The van der Waals surface area contributed by atoms with Gasteiger partial charge in [0.1, 0.15) is 0 Å². The second kappa shape index (κ2) is 4.74. The molecule has 0 saturated carbocycles. The topological polar surface area (TPSA) is 61.0 Å². The zero-order valence-corrected chi connectivity index (χ0v) is 8.33. The number of nitrogens with two attached hydrogens (primary N) is 1. The Morgan fingerprint density at radius 1 is 1.57 bits per heavy atom. The fourth-order valence-corrected chi connectivity index (χ4v) is 0.857. The minimum absolute atomic E-state index is 0.0194. The molecule has 0 radical (unpaired) electrons. The highest BCUT2D eigenvalue weighted by molar-refractivity contribution is 5.22. The first-order chi connectivity index (χ1) is 6.59. The highest BCUT2D eigenvalue weighted by atomic mass is 19.1. The summed E-state index contributed by atoms with van der Waals surface area (Å²) >= 11 is 0. The minimum Gasteiger partial charge on any atom is -0.475 e. The molecule has 0 aliphatic heterocycles. The van der Waals surface area contributed by atoms with Gasteiger partial charge in [-0.1, -0.05) is 13.8 Å². The third kappa shape index (κ3) is 3.16. The van der Waals surface area contributed by atoms with Crippen LogP contribution in [-0.2, 0) is 0 Å². The summed E-state index contributed by atoms with van der Waals surface area (Å²) in [5, 5.41) is 0. The largest absolute Gasteiger partial charge is 0.475 e. The molecule has 0 bridgehead atoms. The van der Waals surface area contributed by atoms with Crippen molar-refractivity contribution in [3.63, 3.8) is 0 Å². The van der Waals surface area contributed by atoms with E-state index in [1.807, 2.05) is 0 Å². The van der Waals surface area contributed by atoms with Crippen molar-refractivity contribution in [2.24, 2.45) is 5.92 Å². The highest BCUT2D eigenvalue weighted by Crippen LogP contribution is 2.13. The van der Waals surface area contributed by atoms with Crippen LogP contribution in [0.2, 0.25) is 0 Å². The van der Waals surface area contributed by atoms with Crippen LogP contribution in [0.3, 0.4) is 0 Å². The molecule has 0 saturated heterocycles. The number of halogens is 1.